The molecule has 4 heterocycles. The van der Waals surface area contributed by atoms with Crippen molar-refractivity contribution in [3.63, 3.8) is 0 Å². The van der Waals surface area contributed by atoms with Gasteiger partial charge in [0.05, 0.1) is 39.2 Å². The molecule has 2 atom stereocenters. The largest absolute Gasteiger partial charge is 0.478 e. The fourth-order valence-corrected chi connectivity index (χ4v) is 10.1. The third kappa shape index (κ3) is 14.6. The maximum atomic E-state index is 13.0. The van der Waals surface area contributed by atoms with Gasteiger partial charge in [0, 0.05) is 55.0 Å². The summed E-state index contributed by atoms with van der Waals surface area (Å²) in [6.45, 7) is 5.26. The van der Waals surface area contributed by atoms with Gasteiger partial charge in [-0.15, -0.1) is 0 Å². The second-order valence-corrected chi connectivity index (χ2v) is 20.9. The molecular formula is C62H68N4O15. The zero-order valence-corrected chi connectivity index (χ0v) is 45.9. The molecule has 0 spiro atoms. The summed E-state index contributed by atoms with van der Waals surface area (Å²) in [7, 11) is 0. The van der Waals surface area contributed by atoms with Gasteiger partial charge in [-0.25, -0.2) is 28.8 Å². The molecular weight excluding hydrogens is 1040 g/mol. The number of hydrogen-bond donors (Lipinski definition) is 3. The molecule has 6 aromatic rings. The highest BCUT2D eigenvalue weighted by Crippen LogP contribution is 2.49. The number of carboxylic acids is 2. The maximum absolute atomic E-state index is 13.0. The van der Waals surface area contributed by atoms with E-state index in [0.29, 0.717) is 30.8 Å². The molecule has 4 aromatic heterocycles. The van der Waals surface area contributed by atoms with Gasteiger partial charge in [0.1, 0.15) is 37.9 Å². The molecule has 2 aromatic carbocycles. The van der Waals surface area contributed by atoms with Crippen LogP contribution in [-0.2, 0) is 34.0 Å². The maximum Gasteiger partial charge on any atom is 0.347 e. The van der Waals surface area contributed by atoms with Gasteiger partial charge in [0.2, 0.25) is 11.2 Å². The Balaban J connectivity index is 0.000000246. The molecule has 3 N–H and O–H groups in total. The number of aromatic nitrogens is 4. The number of pyridine rings is 4. The zero-order valence-electron chi connectivity index (χ0n) is 45.9. The number of aliphatic carboxylic acids is 2. The first-order chi connectivity index (χ1) is 38.9. The number of esters is 4. The SMILES string of the molecule is CCC(C)(Oc1ccc(C2(c3ccc(OC(C)(CC)C(=O)O)cc3)CCCCC2)cc1)C(=O)O.O=C(OCC1(COC(=O)c2cccnc2)CCCC(COC(=O)c2cccnc2)(COC(=O)c2cccnc2)C1O)c1cccnc1. The van der Waals surface area contributed by atoms with Crippen LogP contribution in [0.15, 0.2) is 147 Å². The van der Waals surface area contributed by atoms with Crippen molar-refractivity contribution >= 4 is 35.8 Å². The molecule has 0 radical (unpaired) electrons. The number of hydrogen-bond acceptors (Lipinski definition) is 17. The quantitative estimate of drug-likeness (QED) is 0.0421. The normalized spacial score (nSPS) is 16.7. The number of rotatable bonds is 22. The first kappa shape index (κ1) is 60.1. The van der Waals surface area contributed by atoms with E-state index in [0.717, 1.165) is 25.7 Å². The van der Waals surface area contributed by atoms with Crippen LogP contribution in [0.5, 0.6) is 11.5 Å². The van der Waals surface area contributed by atoms with E-state index in [1.54, 1.807) is 52.0 Å². The molecule has 2 fully saturated rings. The second-order valence-electron chi connectivity index (χ2n) is 20.9. The lowest BCUT2D eigenvalue weighted by molar-refractivity contribution is -0.175. The van der Waals surface area contributed by atoms with Gasteiger partial charge >= 0.3 is 35.8 Å². The van der Waals surface area contributed by atoms with Crippen molar-refractivity contribution in [2.24, 2.45) is 10.8 Å². The lowest BCUT2D eigenvalue weighted by Crippen LogP contribution is -2.59. The summed E-state index contributed by atoms with van der Waals surface area (Å²) in [5.41, 5.74) is -2.39. The van der Waals surface area contributed by atoms with E-state index >= 15 is 0 Å². The molecule has 0 aliphatic heterocycles. The van der Waals surface area contributed by atoms with Crippen molar-refractivity contribution in [1.29, 1.82) is 0 Å². The molecule has 81 heavy (non-hydrogen) atoms. The Kier molecular flexibility index (Phi) is 20.1. The van der Waals surface area contributed by atoms with E-state index in [1.807, 2.05) is 48.5 Å². The molecule has 19 nitrogen and oxygen atoms in total. The minimum atomic E-state index is -1.46. The summed E-state index contributed by atoms with van der Waals surface area (Å²) >= 11 is 0. The fraction of sp³-hybridized carbons (Fsp3) is 0.387. The van der Waals surface area contributed by atoms with Crippen molar-refractivity contribution < 1.29 is 72.5 Å². The third-order valence-electron chi connectivity index (χ3n) is 15.5. The number of aliphatic hydroxyl groups excluding tert-OH is 1. The Labute approximate surface area is 470 Å². The van der Waals surface area contributed by atoms with E-state index < -0.39 is 64.0 Å². The van der Waals surface area contributed by atoms with Crippen molar-refractivity contribution in [3.8, 4) is 11.5 Å². The zero-order chi connectivity index (χ0) is 58.1. The molecule has 0 bridgehead atoms. The summed E-state index contributed by atoms with van der Waals surface area (Å²) < 4.78 is 34.4. The van der Waals surface area contributed by atoms with Gasteiger partial charge in [-0.2, -0.15) is 0 Å². The van der Waals surface area contributed by atoms with Crippen LogP contribution in [-0.4, -0.2) is 115 Å². The highest BCUT2D eigenvalue weighted by atomic mass is 16.6. The standard InChI is InChI=1S/C34H32N4O9.C28H36O6/c39-28(24-6-1-12-35-16-24)44-20-33(21-45-29(40)25-7-2-13-36-17-25)10-5-11-34(32(33)43,22-46-30(41)26-8-3-14-37-18-26)23-47-31(42)27-9-4-15-38-19-27;1-5-26(3,24(29)30)33-22-14-10-20(11-15-22)28(18-8-7-9-19-28)21-12-16-23(17-13-21)34-27(4,6-2)25(31)32/h1-4,6-9,12-19,32,43H,5,10-11,20-23H2;10-17H,5-9,18-19H2,1-4H3,(H,29,30)(H,31,32). The molecule has 2 aliphatic carbocycles. The molecule has 19 heteroatoms. The number of ether oxygens (including phenoxy) is 6. The highest BCUT2D eigenvalue weighted by Gasteiger charge is 2.56. The van der Waals surface area contributed by atoms with Crippen LogP contribution in [0.1, 0.15) is 144 Å². The van der Waals surface area contributed by atoms with E-state index in [1.165, 1.54) is 91.4 Å². The van der Waals surface area contributed by atoms with Crippen LogP contribution in [0, 0.1) is 10.8 Å². The van der Waals surface area contributed by atoms with E-state index in [-0.39, 0.29) is 66.9 Å². The van der Waals surface area contributed by atoms with Crippen LogP contribution in [0.3, 0.4) is 0 Å². The van der Waals surface area contributed by atoms with Gasteiger partial charge in [-0.05, 0) is 136 Å². The van der Waals surface area contributed by atoms with Gasteiger partial charge < -0.3 is 43.7 Å². The lowest BCUT2D eigenvalue weighted by atomic mass is 9.60. The average Bonchev–Trinajstić information content (AvgIpc) is 3.53. The van der Waals surface area contributed by atoms with Crippen LogP contribution >= 0.6 is 0 Å². The van der Waals surface area contributed by atoms with E-state index in [2.05, 4.69) is 19.9 Å². The number of carbonyl (C=O) groups excluding carboxylic acids is 4. The molecule has 8 rings (SSSR count). The molecule has 426 valence electrons. The summed E-state index contributed by atoms with van der Waals surface area (Å²) in [6.07, 6.45) is 17.0. The second kappa shape index (κ2) is 27.1. The Morgan fingerprint density at radius 3 is 1.04 bits per heavy atom. The van der Waals surface area contributed by atoms with Gasteiger partial charge in [0.15, 0.2) is 0 Å². The van der Waals surface area contributed by atoms with E-state index in [9.17, 15) is 44.1 Å². The first-order valence-corrected chi connectivity index (χ1v) is 26.9. The Morgan fingerprint density at radius 1 is 0.469 bits per heavy atom. The van der Waals surface area contributed by atoms with Crippen molar-refractivity contribution in [2.45, 2.75) is 115 Å². The topological polar surface area (TPSA) is 270 Å². The van der Waals surface area contributed by atoms with Gasteiger partial charge in [-0.1, -0.05) is 63.8 Å². The average molecular weight is 1110 g/mol. The third-order valence-corrected chi connectivity index (χ3v) is 15.5. The minimum absolute atomic E-state index is 0.156. The highest BCUT2D eigenvalue weighted by molar-refractivity contribution is 5.90. The van der Waals surface area contributed by atoms with Crippen LogP contribution in [0.2, 0.25) is 0 Å². The van der Waals surface area contributed by atoms with Gasteiger partial charge in [0.25, 0.3) is 0 Å². The minimum Gasteiger partial charge on any atom is -0.478 e. The Morgan fingerprint density at radius 2 is 0.778 bits per heavy atom. The fourth-order valence-electron chi connectivity index (χ4n) is 10.1. The summed E-state index contributed by atoms with van der Waals surface area (Å²) in [5, 5.41) is 31.3. The Bertz CT molecular complexity index is 2750. The first-order valence-electron chi connectivity index (χ1n) is 26.9. The van der Waals surface area contributed by atoms with Crippen LogP contribution < -0.4 is 9.47 Å². The summed E-state index contributed by atoms with van der Waals surface area (Å²) in [4.78, 5) is 91.0. The lowest BCUT2D eigenvalue weighted by Gasteiger charge is -2.50. The molecule has 0 saturated heterocycles. The monoisotopic (exact) mass is 1110 g/mol. The molecule has 2 saturated carbocycles. The van der Waals surface area contributed by atoms with Crippen molar-refractivity contribution in [1.82, 2.24) is 19.9 Å². The number of benzene rings is 2. The molecule has 0 amide bonds. The predicted molar refractivity (Wildman–Crippen MR) is 293 cm³/mol. The number of nitrogens with zero attached hydrogens (tertiary/aromatic N) is 4. The van der Waals surface area contributed by atoms with Gasteiger partial charge in [-0.3, -0.25) is 19.9 Å². The van der Waals surface area contributed by atoms with Crippen LogP contribution in [0.25, 0.3) is 0 Å². The van der Waals surface area contributed by atoms with Crippen molar-refractivity contribution in [2.75, 3.05) is 26.4 Å². The van der Waals surface area contributed by atoms with Crippen LogP contribution in [0.4, 0.5) is 0 Å². The van der Waals surface area contributed by atoms with E-state index in [4.69, 9.17) is 28.4 Å². The number of carbonyl (C=O) groups is 6. The number of aliphatic hydroxyl groups is 1. The summed E-state index contributed by atoms with van der Waals surface area (Å²) in [6, 6.07) is 28.1. The molecule has 2 unspecified atom stereocenters. The van der Waals surface area contributed by atoms with Crippen molar-refractivity contribution in [3.05, 3.63) is 180 Å². The smallest absolute Gasteiger partial charge is 0.347 e. The predicted octanol–water partition coefficient (Wildman–Crippen LogP) is 9.71. The molecule has 2 aliphatic rings. The number of carboxylic acid groups (broad SMARTS) is 2. The Hall–Kier alpha value is -8.58. The summed E-state index contributed by atoms with van der Waals surface area (Å²) in [5.74, 6) is -3.69.